The lowest BCUT2D eigenvalue weighted by atomic mass is 10.1. The highest BCUT2D eigenvalue weighted by Crippen LogP contribution is 2.34. The Bertz CT molecular complexity index is 937. The van der Waals surface area contributed by atoms with Crippen molar-refractivity contribution in [1.82, 2.24) is 0 Å². The fourth-order valence-electron chi connectivity index (χ4n) is 2.15. The van der Waals surface area contributed by atoms with E-state index in [-0.39, 0.29) is 39.7 Å². The van der Waals surface area contributed by atoms with E-state index in [9.17, 15) is 19.7 Å². The lowest BCUT2D eigenvalue weighted by molar-refractivity contribution is -0.384. The zero-order valence-electron chi connectivity index (χ0n) is 15.3. The molecule has 156 valence electrons. The number of rotatable bonds is 6. The first kappa shape index (κ1) is 24.6. The van der Waals surface area contributed by atoms with Gasteiger partial charge in [-0.05, 0) is 24.1 Å². The van der Waals surface area contributed by atoms with E-state index in [1.807, 2.05) is 0 Å². The van der Waals surface area contributed by atoms with Crippen LogP contribution in [0.2, 0.25) is 10.0 Å². The van der Waals surface area contributed by atoms with Crippen LogP contribution in [0.3, 0.4) is 0 Å². The predicted octanol–water partition coefficient (Wildman–Crippen LogP) is 4.46. The number of nitrogens with one attached hydrogen (secondary N) is 1. The standard InChI is InChI=1S/C18H17Cl2N3O5.ClH/c1-9(2)16(21)18(25)28-15-8-14(23(26)27)12(20)7-10(15)17(24)22-13-6-4-3-5-11(13)19;/h3-9,16H,21H2,1-2H3,(H,22,24);1H. The predicted molar refractivity (Wildman–Crippen MR) is 113 cm³/mol. The van der Waals surface area contributed by atoms with E-state index < -0.39 is 28.5 Å². The summed E-state index contributed by atoms with van der Waals surface area (Å²) in [5.41, 5.74) is 5.36. The molecule has 11 heteroatoms. The van der Waals surface area contributed by atoms with Crippen molar-refractivity contribution in [2.75, 3.05) is 5.32 Å². The molecule has 0 aliphatic carbocycles. The third-order valence-electron chi connectivity index (χ3n) is 3.81. The summed E-state index contributed by atoms with van der Waals surface area (Å²) in [5.74, 6) is -2.12. The molecule has 1 unspecified atom stereocenters. The van der Waals surface area contributed by atoms with Gasteiger partial charge in [0.15, 0.2) is 5.75 Å². The van der Waals surface area contributed by atoms with E-state index in [1.165, 1.54) is 0 Å². The number of carbonyl (C=O) groups excluding carboxylic acids is 2. The minimum Gasteiger partial charge on any atom is -0.424 e. The second kappa shape index (κ2) is 10.4. The van der Waals surface area contributed by atoms with Crippen LogP contribution in [0.5, 0.6) is 5.75 Å². The largest absolute Gasteiger partial charge is 0.424 e. The number of hydrogen-bond donors (Lipinski definition) is 2. The third-order valence-corrected chi connectivity index (χ3v) is 4.45. The Hall–Kier alpha value is -2.39. The van der Waals surface area contributed by atoms with Crippen LogP contribution < -0.4 is 15.8 Å². The van der Waals surface area contributed by atoms with Gasteiger partial charge in [0.05, 0.1) is 27.3 Å². The van der Waals surface area contributed by atoms with Crippen molar-refractivity contribution in [3.63, 3.8) is 0 Å². The van der Waals surface area contributed by atoms with Gasteiger partial charge in [-0.15, -0.1) is 12.4 Å². The van der Waals surface area contributed by atoms with Crippen LogP contribution in [0.25, 0.3) is 0 Å². The molecule has 0 saturated heterocycles. The van der Waals surface area contributed by atoms with Crippen LogP contribution in [-0.4, -0.2) is 22.8 Å². The molecule has 3 N–H and O–H groups in total. The van der Waals surface area contributed by atoms with Crippen LogP contribution in [-0.2, 0) is 4.79 Å². The normalized spacial score (nSPS) is 11.4. The van der Waals surface area contributed by atoms with Gasteiger partial charge in [0.25, 0.3) is 11.6 Å². The Morgan fingerprint density at radius 3 is 2.34 bits per heavy atom. The number of nitro groups is 1. The minimum atomic E-state index is -0.978. The number of benzene rings is 2. The van der Waals surface area contributed by atoms with E-state index in [0.717, 1.165) is 12.1 Å². The first-order chi connectivity index (χ1) is 13.1. The Kier molecular flexibility index (Phi) is 8.84. The molecule has 2 rings (SSSR count). The van der Waals surface area contributed by atoms with Crippen LogP contribution >= 0.6 is 35.6 Å². The summed E-state index contributed by atoms with van der Waals surface area (Å²) in [6.45, 7) is 3.42. The van der Waals surface area contributed by atoms with E-state index in [4.69, 9.17) is 33.7 Å². The van der Waals surface area contributed by atoms with Crippen LogP contribution in [0.1, 0.15) is 24.2 Å². The molecule has 2 aromatic carbocycles. The van der Waals surface area contributed by atoms with Gasteiger partial charge in [-0.2, -0.15) is 0 Å². The van der Waals surface area contributed by atoms with Crippen molar-refractivity contribution in [1.29, 1.82) is 0 Å². The molecule has 29 heavy (non-hydrogen) atoms. The number of ether oxygens (including phenoxy) is 1. The number of carbonyl (C=O) groups is 2. The van der Waals surface area contributed by atoms with Crippen molar-refractivity contribution in [3.05, 3.63) is 62.1 Å². The average Bonchev–Trinajstić information content (AvgIpc) is 2.63. The molecule has 1 atom stereocenters. The van der Waals surface area contributed by atoms with E-state index in [2.05, 4.69) is 5.32 Å². The van der Waals surface area contributed by atoms with Gasteiger partial charge >= 0.3 is 5.97 Å². The summed E-state index contributed by atoms with van der Waals surface area (Å²) in [6, 6.07) is 7.46. The average molecular weight is 463 g/mol. The van der Waals surface area contributed by atoms with Crippen LogP contribution in [0.4, 0.5) is 11.4 Å². The highest BCUT2D eigenvalue weighted by atomic mass is 35.5. The van der Waals surface area contributed by atoms with E-state index >= 15 is 0 Å². The number of nitrogens with zero attached hydrogens (tertiary/aromatic N) is 1. The number of nitrogens with two attached hydrogens (primary N) is 1. The summed E-state index contributed by atoms with van der Waals surface area (Å²) < 4.78 is 5.18. The Morgan fingerprint density at radius 2 is 1.79 bits per heavy atom. The second-order valence-electron chi connectivity index (χ2n) is 6.18. The summed E-state index contributed by atoms with van der Waals surface area (Å²) in [4.78, 5) is 35.3. The summed E-state index contributed by atoms with van der Waals surface area (Å²) in [5, 5.41) is 13.7. The van der Waals surface area contributed by atoms with Crippen molar-refractivity contribution >= 4 is 58.9 Å². The van der Waals surface area contributed by atoms with Crippen LogP contribution in [0, 0.1) is 16.0 Å². The molecule has 0 spiro atoms. The van der Waals surface area contributed by atoms with Gasteiger partial charge < -0.3 is 15.8 Å². The monoisotopic (exact) mass is 461 g/mol. The Balaban J connectivity index is 0.00000420. The molecule has 2 aromatic rings. The molecule has 0 aliphatic rings. The van der Waals surface area contributed by atoms with E-state index in [1.54, 1.807) is 38.1 Å². The van der Waals surface area contributed by atoms with Crippen molar-refractivity contribution in [2.24, 2.45) is 11.7 Å². The van der Waals surface area contributed by atoms with Gasteiger partial charge in [-0.1, -0.05) is 49.2 Å². The molecule has 0 aliphatic heterocycles. The zero-order valence-corrected chi connectivity index (χ0v) is 17.7. The molecule has 0 heterocycles. The van der Waals surface area contributed by atoms with Crippen LogP contribution in [0.15, 0.2) is 36.4 Å². The summed E-state index contributed by atoms with van der Waals surface area (Å²) >= 11 is 11.9. The highest BCUT2D eigenvalue weighted by Gasteiger charge is 2.26. The fourth-order valence-corrected chi connectivity index (χ4v) is 2.56. The van der Waals surface area contributed by atoms with E-state index in [0.29, 0.717) is 5.69 Å². The lowest BCUT2D eigenvalue weighted by Crippen LogP contribution is -2.39. The maximum atomic E-state index is 12.7. The van der Waals surface area contributed by atoms with Gasteiger partial charge in [-0.3, -0.25) is 14.9 Å². The first-order valence-corrected chi connectivity index (χ1v) is 8.88. The number of amides is 1. The quantitative estimate of drug-likeness (QED) is 0.282. The fraction of sp³-hybridized carbons (Fsp3) is 0.222. The summed E-state index contributed by atoms with van der Waals surface area (Å²) in [6.07, 6.45) is 0. The molecular weight excluding hydrogens is 445 g/mol. The minimum absolute atomic E-state index is 0. The summed E-state index contributed by atoms with van der Waals surface area (Å²) in [7, 11) is 0. The highest BCUT2D eigenvalue weighted by molar-refractivity contribution is 6.34. The first-order valence-electron chi connectivity index (χ1n) is 8.13. The maximum absolute atomic E-state index is 12.7. The Morgan fingerprint density at radius 1 is 1.17 bits per heavy atom. The number of halogens is 3. The molecule has 0 fully saturated rings. The number of para-hydroxylation sites is 1. The number of hydrogen-bond acceptors (Lipinski definition) is 6. The molecular formula is C18H18Cl3N3O5. The number of esters is 1. The second-order valence-corrected chi connectivity index (χ2v) is 7.00. The Labute approximate surface area is 182 Å². The van der Waals surface area contributed by atoms with Crippen molar-refractivity contribution in [2.45, 2.75) is 19.9 Å². The van der Waals surface area contributed by atoms with Gasteiger partial charge in [0.2, 0.25) is 0 Å². The van der Waals surface area contributed by atoms with Gasteiger partial charge in [0.1, 0.15) is 11.1 Å². The number of nitro benzene ring substituents is 1. The van der Waals surface area contributed by atoms with Gasteiger partial charge in [-0.25, -0.2) is 4.79 Å². The maximum Gasteiger partial charge on any atom is 0.328 e. The molecule has 0 saturated carbocycles. The molecule has 8 nitrogen and oxygen atoms in total. The molecule has 1 amide bonds. The molecule has 0 aromatic heterocycles. The number of anilines is 1. The van der Waals surface area contributed by atoms with Crippen molar-refractivity contribution in [3.8, 4) is 5.75 Å². The van der Waals surface area contributed by atoms with Crippen molar-refractivity contribution < 1.29 is 19.2 Å². The zero-order chi connectivity index (χ0) is 21.0. The van der Waals surface area contributed by atoms with Gasteiger partial charge in [0, 0.05) is 0 Å². The third kappa shape index (κ3) is 6.04. The smallest absolute Gasteiger partial charge is 0.328 e. The topological polar surface area (TPSA) is 125 Å². The lowest BCUT2D eigenvalue weighted by Gasteiger charge is -2.16. The molecule has 0 bridgehead atoms. The molecule has 0 radical (unpaired) electrons. The SMILES string of the molecule is CC(C)C(N)C(=O)Oc1cc([N+](=O)[O-])c(Cl)cc1C(=O)Nc1ccccc1Cl.Cl.